The lowest BCUT2D eigenvalue weighted by atomic mass is 9.84. The quantitative estimate of drug-likeness (QED) is 0.274. The van der Waals surface area contributed by atoms with Crippen LogP contribution in [0.1, 0.15) is 77.8 Å². The number of oxazole rings is 1. The van der Waals surface area contributed by atoms with Crippen molar-refractivity contribution in [1.29, 1.82) is 0 Å². The van der Waals surface area contributed by atoms with Gasteiger partial charge in [-0.3, -0.25) is 14.5 Å². The highest BCUT2D eigenvalue weighted by Crippen LogP contribution is 2.31. The molecule has 1 aliphatic carbocycles. The van der Waals surface area contributed by atoms with Crippen LogP contribution in [0.4, 0.5) is 5.82 Å². The van der Waals surface area contributed by atoms with Gasteiger partial charge in [0.15, 0.2) is 17.9 Å². The predicted molar refractivity (Wildman–Crippen MR) is 176 cm³/mol. The number of likely N-dealkylation sites (tertiary alicyclic amines) is 1. The van der Waals surface area contributed by atoms with E-state index >= 15 is 0 Å². The number of aromatic nitrogens is 2. The van der Waals surface area contributed by atoms with Crippen LogP contribution in [0.5, 0.6) is 5.75 Å². The van der Waals surface area contributed by atoms with Crippen molar-refractivity contribution in [2.75, 3.05) is 31.5 Å². The van der Waals surface area contributed by atoms with Gasteiger partial charge in [-0.05, 0) is 80.3 Å². The maximum Gasteiger partial charge on any atom is 0.225 e. The van der Waals surface area contributed by atoms with Gasteiger partial charge >= 0.3 is 0 Å². The maximum atomic E-state index is 13.0. The number of amides is 1. The number of β-amino-alcohol motifs (C(OH)–C–C–N with tert-alkyl or cyclic N) is 1. The third kappa shape index (κ3) is 8.25. The molecule has 2 aliphatic heterocycles. The Labute approximate surface area is 272 Å². The minimum atomic E-state index is -0.585. The SMILES string of the molecule is Cc1c(OCc2cnco2)ccc2c1CCN(C[C@@H](O)CCC(=O)c1ccnc(NC3CCN(C(=O)C4CCC4)CC3)c1)C2.S. The number of hydrogen-bond donors (Lipinski definition) is 2. The van der Waals surface area contributed by atoms with E-state index in [0.29, 0.717) is 42.6 Å². The molecule has 1 aromatic carbocycles. The van der Waals surface area contributed by atoms with Crippen LogP contribution in [0.2, 0.25) is 0 Å². The largest absolute Gasteiger partial charge is 0.485 e. The summed E-state index contributed by atoms with van der Waals surface area (Å²) in [6.07, 6.45) is 10.7. The zero-order valence-corrected chi connectivity index (χ0v) is 27.0. The smallest absolute Gasteiger partial charge is 0.225 e. The molecule has 3 aliphatic rings. The summed E-state index contributed by atoms with van der Waals surface area (Å²) in [7, 11) is 0. The highest BCUT2D eigenvalue weighted by molar-refractivity contribution is 7.59. The van der Waals surface area contributed by atoms with E-state index in [2.05, 4.69) is 33.2 Å². The number of ether oxygens (including phenoxy) is 1. The van der Waals surface area contributed by atoms with Gasteiger partial charge < -0.3 is 24.5 Å². The second-order valence-corrected chi connectivity index (χ2v) is 12.5. The fraction of sp³-hybridized carbons (Fsp3) is 0.529. The van der Waals surface area contributed by atoms with Crippen molar-refractivity contribution in [2.45, 2.75) is 83.6 Å². The predicted octanol–water partition coefficient (Wildman–Crippen LogP) is 4.65. The number of nitrogens with one attached hydrogen (secondary N) is 1. The van der Waals surface area contributed by atoms with Crippen LogP contribution in [0.25, 0.3) is 0 Å². The molecule has 11 heteroatoms. The number of ketones is 1. The van der Waals surface area contributed by atoms with Crippen LogP contribution < -0.4 is 10.1 Å². The number of hydrogen-bond acceptors (Lipinski definition) is 9. The van der Waals surface area contributed by atoms with Gasteiger partial charge in [0, 0.05) is 62.9 Å². The van der Waals surface area contributed by atoms with Gasteiger partial charge in [0.25, 0.3) is 0 Å². The summed E-state index contributed by atoms with van der Waals surface area (Å²) in [5.74, 6) is 2.80. The van der Waals surface area contributed by atoms with Crippen molar-refractivity contribution in [3.63, 3.8) is 0 Å². The first kappa shape index (κ1) is 33.0. The molecule has 45 heavy (non-hydrogen) atoms. The van der Waals surface area contributed by atoms with E-state index in [1.807, 2.05) is 17.0 Å². The molecule has 2 fully saturated rings. The number of carbonyl (C=O) groups is 2. The average molecular weight is 636 g/mol. The minimum absolute atomic E-state index is 0. The van der Waals surface area contributed by atoms with Gasteiger partial charge in [-0.1, -0.05) is 12.5 Å². The van der Waals surface area contributed by atoms with Crippen molar-refractivity contribution in [3.05, 3.63) is 71.1 Å². The zero-order valence-electron chi connectivity index (χ0n) is 26.0. The van der Waals surface area contributed by atoms with Gasteiger partial charge in [0.1, 0.15) is 18.2 Å². The van der Waals surface area contributed by atoms with Crippen molar-refractivity contribution in [2.24, 2.45) is 5.92 Å². The second-order valence-electron chi connectivity index (χ2n) is 12.5. The van der Waals surface area contributed by atoms with Crippen molar-refractivity contribution in [1.82, 2.24) is 19.8 Å². The third-order valence-electron chi connectivity index (χ3n) is 9.44. The molecule has 1 atom stereocenters. The normalized spacial score (nSPS) is 18.0. The summed E-state index contributed by atoms with van der Waals surface area (Å²) >= 11 is 0. The standard InChI is InChI=1S/C34H43N5O5.H2S/c1-23-30-12-14-38(19-26(30)5-8-32(23)43-21-29-18-35-22-44-29)20-28(40)6-7-31(41)25-9-13-36-33(17-25)37-27-10-15-39(16-11-27)34(42)24-3-2-4-24;/h5,8-9,13,17-18,22,24,27-28,40H,2-4,6-7,10-12,14-16,19-21H2,1H3,(H,36,37);1H2/t28-;/m0./s1. The number of pyridine rings is 1. The summed E-state index contributed by atoms with van der Waals surface area (Å²) in [4.78, 5) is 38.2. The molecule has 2 N–H and O–H groups in total. The number of aliphatic hydroxyl groups is 1. The van der Waals surface area contributed by atoms with E-state index in [0.717, 1.165) is 69.6 Å². The Kier molecular flexibility index (Phi) is 11.2. The van der Waals surface area contributed by atoms with Gasteiger partial charge in [0.2, 0.25) is 5.91 Å². The number of anilines is 1. The minimum Gasteiger partial charge on any atom is -0.485 e. The van der Waals surface area contributed by atoms with E-state index in [9.17, 15) is 14.7 Å². The fourth-order valence-electron chi connectivity index (χ4n) is 6.53. The average Bonchev–Trinajstić information content (AvgIpc) is 3.53. The molecule has 6 rings (SSSR count). The fourth-order valence-corrected chi connectivity index (χ4v) is 6.53. The number of carbonyl (C=O) groups excluding carboxylic acids is 2. The number of nitrogens with zero attached hydrogens (tertiary/aromatic N) is 4. The second kappa shape index (κ2) is 15.2. The van der Waals surface area contributed by atoms with Crippen LogP contribution in [0.15, 0.2) is 47.5 Å². The molecule has 1 saturated carbocycles. The molecule has 0 unspecified atom stereocenters. The van der Waals surface area contributed by atoms with E-state index in [1.54, 1.807) is 18.5 Å². The Morgan fingerprint density at radius 3 is 2.71 bits per heavy atom. The lowest BCUT2D eigenvalue weighted by Crippen LogP contribution is -2.46. The summed E-state index contributed by atoms with van der Waals surface area (Å²) in [6.45, 7) is 6.11. The summed E-state index contributed by atoms with van der Waals surface area (Å²) in [5.41, 5.74) is 4.30. The molecule has 3 aromatic rings. The van der Waals surface area contributed by atoms with E-state index in [-0.39, 0.29) is 37.7 Å². The number of Topliss-reactive ketones (excluding diaryl/α,β-unsaturated/α-hetero) is 1. The maximum absolute atomic E-state index is 13.0. The third-order valence-corrected chi connectivity index (χ3v) is 9.44. The number of piperidine rings is 1. The Hall–Kier alpha value is -3.41. The molecule has 4 heterocycles. The van der Waals surface area contributed by atoms with Gasteiger partial charge in [-0.25, -0.2) is 9.97 Å². The summed E-state index contributed by atoms with van der Waals surface area (Å²) < 4.78 is 11.2. The molecule has 0 radical (unpaired) electrons. The van der Waals surface area contributed by atoms with Crippen molar-refractivity contribution < 1.29 is 23.8 Å². The Morgan fingerprint density at radius 1 is 1.16 bits per heavy atom. The van der Waals surface area contributed by atoms with Gasteiger partial charge in [-0.2, -0.15) is 13.5 Å². The summed E-state index contributed by atoms with van der Waals surface area (Å²) in [5, 5.41) is 14.3. The molecule has 0 bridgehead atoms. The molecular formula is C34H45N5O5S. The summed E-state index contributed by atoms with van der Waals surface area (Å²) in [6, 6.07) is 7.90. The molecule has 2 aromatic heterocycles. The number of fused-ring (bicyclic) bond motifs is 1. The number of aliphatic hydroxyl groups excluding tert-OH is 1. The van der Waals surface area contributed by atoms with Crippen LogP contribution in [0.3, 0.4) is 0 Å². The first-order chi connectivity index (χ1) is 21.4. The lowest BCUT2D eigenvalue weighted by molar-refractivity contribution is -0.139. The highest BCUT2D eigenvalue weighted by Gasteiger charge is 2.31. The topological polar surface area (TPSA) is 121 Å². The van der Waals surface area contributed by atoms with Crippen LogP contribution >= 0.6 is 13.5 Å². The molecular weight excluding hydrogens is 590 g/mol. The highest BCUT2D eigenvalue weighted by atomic mass is 32.1. The van der Waals surface area contributed by atoms with Crippen molar-refractivity contribution >= 4 is 31.0 Å². The van der Waals surface area contributed by atoms with Crippen LogP contribution in [-0.2, 0) is 24.4 Å². The van der Waals surface area contributed by atoms with Crippen LogP contribution in [0, 0.1) is 12.8 Å². The van der Waals surface area contributed by atoms with E-state index in [4.69, 9.17) is 9.15 Å². The Balaban J connectivity index is 0.00000400. The van der Waals surface area contributed by atoms with Gasteiger partial charge in [0.05, 0.1) is 12.3 Å². The first-order valence-corrected chi connectivity index (χ1v) is 16.0. The molecule has 242 valence electrons. The van der Waals surface area contributed by atoms with Crippen molar-refractivity contribution in [3.8, 4) is 5.75 Å². The molecule has 10 nitrogen and oxygen atoms in total. The van der Waals surface area contributed by atoms with Crippen LogP contribution in [-0.4, -0.2) is 74.9 Å². The van der Waals surface area contributed by atoms with Gasteiger partial charge in [-0.15, -0.1) is 0 Å². The zero-order chi connectivity index (χ0) is 30.5. The lowest BCUT2D eigenvalue weighted by Gasteiger charge is -2.36. The first-order valence-electron chi connectivity index (χ1n) is 16.0. The Morgan fingerprint density at radius 2 is 1.98 bits per heavy atom. The Bertz CT molecular complexity index is 1440. The molecule has 0 spiro atoms. The number of benzene rings is 1. The molecule has 1 saturated heterocycles. The van der Waals surface area contributed by atoms with E-state index < -0.39 is 6.10 Å². The number of rotatable bonds is 12. The monoisotopic (exact) mass is 635 g/mol. The molecule has 1 amide bonds. The van der Waals surface area contributed by atoms with E-state index in [1.165, 1.54) is 23.9 Å².